The van der Waals surface area contributed by atoms with Gasteiger partial charge in [0.1, 0.15) is 0 Å². The lowest BCUT2D eigenvalue weighted by Crippen LogP contribution is -2.30. The van der Waals surface area contributed by atoms with E-state index in [-0.39, 0.29) is 6.10 Å². The number of ether oxygens (including phenoxy) is 1. The van der Waals surface area contributed by atoms with Crippen molar-refractivity contribution in [2.75, 3.05) is 20.2 Å². The Balaban J connectivity index is 2.37. The van der Waals surface area contributed by atoms with Crippen LogP contribution in [-0.2, 0) is 11.3 Å². The summed E-state index contributed by atoms with van der Waals surface area (Å²) in [4.78, 5) is 2.17. The van der Waals surface area contributed by atoms with Crippen LogP contribution in [0.2, 0.25) is 0 Å². The SMILES string of the molecule is CC(C)OCCN(C)Cc1ccc(B(O)O)cc1. The maximum atomic E-state index is 8.99. The van der Waals surface area contributed by atoms with Crippen molar-refractivity contribution in [3.8, 4) is 0 Å². The van der Waals surface area contributed by atoms with E-state index in [1.54, 1.807) is 12.1 Å². The Morgan fingerprint density at radius 2 is 1.83 bits per heavy atom. The first kappa shape index (κ1) is 15.2. The molecule has 1 aromatic rings. The molecule has 2 N–H and O–H groups in total. The molecule has 0 saturated carbocycles. The Morgan fingerprint density at radius 1 is 1.22 bits per heavy atom. The molecular weight excluding hydrogens is 229 g/mol. The zero-order valence-electron chi connectivity index (χ0n) is 11.3. The van der Waals surface area contributed by atoms with E-state index in [0.29, 0.717) is 5.46 Å². The molecule has 0 bridgehead atoms. The molecule has 0 aromatic heterocycles. The normalized spacial score (nSPS) is 11.3. The van der Waals surface area contributed by atoms with Gasteiger partial charge in [0.15, 0.2) is 0 Å². The third kappa shape index (κ3) is 5.64. The number of hydrogen-bond donors (Lipinski definition) is 2. The maximum Gasteiger partial charge on any atom is 0.488 e. The second-order valence-electron chi connectivity index (χ2n) is 4.77. The molecule has 0 unspecified atom stereocenters. The Labute approximate surface area is 109 Å². The lowest BCUT2D eigenvalue weighted by molar-refractivity contribution is 0.0627. The first-order valence-corrected chi connectivity index (χ1v) is 6.24. The van der Waals surface area contributed by atoms with Gasteiger partial charge in [-0.3, -0.25) is 4.90 Å². The van der Waals surface area contributed by atoms with E-state index in [1.165, 1.54) is 0 Å². The van der Waals surface area contributed by atoms with Crippen molar-refractivity contribution in [2.24, 2.45) is 0 Å². The molecule has 0 spiro atoms. The molecule has 0 heterocycles. The van der Waals surface area contributed by atoms with E-state index in [9.17, 15) is 0 Å². The van der Waals surface area contributed by atoms with Gasteiger partial charge in [-0.05, 0) is 31.9 Å². The maximum absolute atomic E-state index is 8.99. The molecule has 1 rings (SSSR count). The van der Waals surface area contributed by atoms with Crippen LogP contribution in [0.3, 0.4) is 0 Å². The monoisotopic (exact) mass is 251 g/mol. The molecule has 0 aliphatic rings. The quantitative estimate of drug-likeness (QED) is 0.681. The lowest BCUT2D eigenvalue weighted by atomic mass is 9.80. The van der Waals surface area contributed by atoms with Crippen LogP contribution in [0.15, 0.2) is 24.3 Å². The topological polar surface area (TPSA) is 52.9 Å². The van der Waals surface area contributed by atoms with Crippen LogP contribution in [-0.4, -0.2) is 48.4 Å². The highest BCUT2D eigenvalue weighted by Gasteiger charge is 2.10. The van der Waals surface area contributed by atoms with Gasteiger partial charge in [-0.2, -0.15) is 0 Å². The summed E-state index contributed by atoms with van der Waals surface area (Å²) >= 11 is 0. The molecule has 0 amide bonds. The van der Waals surface area contributed by atoms with Crippen molar-refractivity contribution in [1.82, 2.24) is 4.90 Å². The van der Waals surface area contributed by atoms with Crippen LogP contribution < -0.4 is 5.46 Å². The van der Waals surface area contributed by atoms with Crippen molar-refractivity contribution in [3.63, 3.8) is 0 Å². The van der Waals surface area contributed by atoms with Crippen LogP contribution in [0.1, 0.15) is 19.4 Å². The average molecular weight is 251 g/mol. The molecule has 100 valence electrons. The first-order valence-electron chi connectivity index (χ1n) is 6.24. The van der Waals surface area contributed by atoms with Gasteiger partial charge in [-0.25, -0.2) is 0 Å². The number of hydrogen-bond acceptors (Lipinski definition) is 4. The van der Waals surface area contributed by atoms with E-state index < -0.39 is 7.12 Å². The summed E-state index contributed by atoms with van der Waals surface area (Å²) in [5.74, 6) is 0. The predicted molar refractivity (Wildman–Crippen MR) is 73.7 cm³/mol. The van der Waals surface area contributed by atoms with E-state index in [0.717, 1.165) is 25.3 Å². The second kappa shape index (κ2) is 7.54. The van der Waals surface area contributed by atoms with Crippen LogP contribution in [0.5, 0.6) is 0 Å². The van der Waals surface area contributed by atoms with Gasteiger partial charge < -0.3 is 14.8 Å². The van der Waals surface area contributed by atoms with Gasteiger partial charge in [0.2, 0.25) is 0 Å². The summed E-state index contributed by atoms with van der Waals surface area (Å²) in [6, 6.07) is 7.29. The Kier molecular flexibility index (Phi) is 6.36. The Hall–Kier alpha value is -0.875. The van der Waals surface area contributed by atoms with E-state index in [2.05, 4.69) is 4.90 Å². The van der Waals surface area contributed by atoms with E-state index in [4.69, 9.17) is 14.8 Å². The van der Waals surface area contributed by atoms with Gasteiger partial charge in [-0.15, -0.1) is 0 Å². The summed E-state index contributed by atoms with van der Waals surface area (Å²) in [5.41, 5.74) is 1.66. The summed E-state index contributed by atoms with van der Waals surface area (Å²) in [6.45, 7) is 6.48. The zero-order chi connectivity index (χ0) is 13.5. The predicted octanol–water partition coefficient (Wildman–Crippen LogP) is 0.223. The molecule has 0 radical (unpaired) electrons. The summed E-state index contributed by atoms with van der Waals surface area (Å²) in [5, 5.41) is 18.0. The van der Waals surface area contributed by atoms with E-state index >= 15 is 0 Å². The average Bonchev–Trinajstić information content (AvgIpc) is 2.29. The molecular formula is C13H22BNO3. The molecule has 0 saturated heterocycles. The molecule has 0 aliphatic heterocycles. The molecule has 5 heteroatoms. The minimum Gasteiger partial charge on any atom is -0.423 e. The fourth-order valence-electron chi connectivity index (χ4n) is 1.63. The fraction of sp³-hybridized carbons (Fsp3) is 0.538. The number of rotatable bonds is 7. The summed E-state index contributed by atoms with van der Waals surface area (Å²) in [7, 11) is 0.648. The van der Waals surface area contributed by atoms with Gasteiger partial charge in [-0.1, -0.05) is 24.3 Å². The largest absolute Gasteiger partial charge is 0.488 e. The molecule has 4 nitrogen and oxygen atoms in total. The minimum absolute atomic E-state index is 0.267. The van der Waals surface area contributed by atoms with Gasteiger partial charge in [0, 0.05) is 13.1 Å². The second-order valence-corrected chi connectivity index (χ2v) is 4.77. The number of likely N-dealkylation sites (N-methyl/N-ethyl adjacent to an activating group) is 1. The molecule has 0 aliphatic carbocycles. The molecule has 0 atom stereocenters. The lowest BCUT2D eigenvalue weighted by Gasteiger charge is -2.17. The molecule has 18 heavy (non-hydrogen) atoms. The highest BCUT2D eigenvalue weighted by atomic mass is 16.5. The van der Waals surface area contributed by atoms with Crippen LogP contribution in [0.25, 0.3) is 0 Å². The van der Waals surface area contributed by atoms with Crippen molar-refractivity contribution in [2.45, 2.75) is 26.5 Å². The van der Waals surface area contributed by atoms with Gasteiger partial charge in [0.25, 0.3) is 0 Å². The van der Waals surface area contributed by atoms with Crippen LogP contribution in [0, 0.1) is 0 Å². The Bertz CT molecular complexity index is 341. The van der Waals surface area contributed by atoms with Gasteiger partial charge in [0.05, 0.1) is 12.7 Å². The van der Waals surface area contributed by atoms with Crippen LogP contribution in [0.4, 0.5) is 0 Å². The standard InChI is InChI=1S/C13H22BNO3/c1-11(2)18-9-8-15(3)10-12-4-6-13(7-5-12)14(16)17/h4-7,11,16-17H,8-10H2,1-3H3. The zero-order valence-corrected chi connectivity index (χ0v) is 11.3. The van der Waals surface area contributed by atoms with E-state index in [1.807, 2.05) is 33.0 Å². The summed E-state index contributed by atoms with van der Waals surface area (Å²) < 4.78 is 5.49. The number of nitrogens with zero attached hydrogens (tertiary/aromatic N) is 1. The highest BCUT2D eigenvalue weighted by Crippen LogP contribution is 2.02. The first-order chi connectivity index (χ1) is 8.49. The fourth-order valence-corrected chi connectivity index (χ4v) is 1.63. The Morgan fingerprint density at radius 3 is 2.33 bits per heavy atom. The number of benzene rings is 1. The van der Waals surface area contributed by atoms with Crippen molar-refractivity contribution >= 4 is 12.6 Å². The third-order valence-electron chi connectivity index (χ3n) is 2.65. The minimum atomic E-state index is -1.39. The van der Waals surface area contributed by atoms with Crippen molar-refractivity contribution < 1.29 is 14.8 Å². The highest BCUT2D eigenvalue weighted by molar-refractivity contribution is 6.58. The molecule has 0 fully saturated rings. The van der Waals surface area contributed by atoms with Crippen molar-refractivity contribution in [3.05, 3.63) is 29.8 Å². The molecule has 1 aromatic carbocycles. The summed E-state index contributed by atoms with van der Waals surface area (Å²) in [6.07, 6.45) is 0.267. The smallest absolute Gasteiger partial charge is 0.423 e. The van der Waals surface area contributed by atoms with Crippen LogP contribution >= 0.6 is 0 Å². The van der Waals surface area contributed by atoms with Crippen molar-refractivity contribution in [1.29, 1.82) is 0 Å². The van der Waals surface area contributed by atoms with Gasteiger partial charge >= 0.3 is 7.12 Å². The third-order valence-corrected chi connectivity index (χ3v) is 2.65.